The third-order valence-electron chi connectivity index (χ3n) is 4.17. The molecule has 1 heterocycles. The number of nitrogens with zero attached hydrogens (tertiary/aromatic N) is 1. The summed E-state index contributed by atoms with van der Waals surface area (Å²) in [6.45, 7) is 14.3. The Bertz CT molecular complexity index is 785. The monoisotopic (exact) mass is 390 g/mol. The fourth-order valence-corrected chi connectivity index (χ4v) is 3.39. The summed E-state index contributed by atoms with van der Waals surface area (Å²) in [4.78, 5) is 15.0. The minimum absolute atomic E-state index is 0.00887. The lowest BCUT2D eigenvalue weighted by molar-refractivity contribution is -0.136. The highest BCUT2D eigenvalue weighted by Gasteiger charge is 2.23. The smallest absolute Gasteiger partial charge is 0.309 e. The van der Waals surface area contributed by atoms with Crippen LogP contribution < -0.4 is 10.1 Å². The molecule has 6 heteroatoms. The van der Waals surface area contributed by atoms with Gasteiger partial charge in [0.1, 0.15) is 12.4 Å². The molecule has 5 nitrogen and oxygen atoms in total. The normalized spacial score (nSPS) is 12.1. The van der Waals surface area contributed by atoms with Crippen LogP contribution in [0.15, 0.2) is 23.6 Å². The van der Waals surface area contributed by atoms with Gasteiger partial charge in [0.25, 0.3) is 0 Å². The molecule has 2 aromatic rings. The molecule has 0 saturated heterocycles. The number of aromatic nitrogens is 1. The summed E-state index contributed by atoms with van der Waals surface area (Å²) in [7, 11) is 0. The summed E-state index contributed by atoms with van der Waals surface area (Å²) in [5.74, 6) is 0.0339. The second kappa shape index (κ2) is 8.30. The molecule has 0 aliphatic carbocycles. The Balaban J connectivity index is 1.99. The molecule has 0 amide bonds. The Morgan fingerprint density at radius 1 is 1.19 bits per heavy atom. The highest BCUT2D eigenvalue weighted by atomic mass is 32.1. The van der Waals surface area contributed by atoms with E-state index in [2.05, 4.69) is 70.0 Å². The topological polar surface area (TPSA) is 71.5 Å². The number of aliphatic carboxylic acids is 1. The van der Waals surface area contributed by atoms with E-state index < -0.39 is 5.97 Å². The molecule has 1 aromatic carbocycles. The van der Waals surface area contributed by atoms with Crippen molar-refractivity contribution in [2.45, 2.75) is 58.8 Å². The maximum Gasteiger partial charge on any atom is 0.309 e. The van der Waals surface area contributed by atoms with E-state index in [1.165, 1.54) is 22.5 Å². The van der Waals surface area contributed by atoms with Gasteiger partial charge in [-0.3, -0.25) is 4.79 Å². The minimum Gasteiger partial charge on any atom is -0.491 e. The molecule has 2 rings (SSSR count). The lowest BCUT2D eigenvalue weighted by Crippen LogP contribution is -2.19. The van der Waals surface area contributed by atoms with Gasteiger partial charge in [0.2, 0.25) is 0 Å². The molecule has 0 saturated carbocycles. The van der Waals surface area contributed by atoms with Crippen molar-refractivity contribution in [3.05, 3.63) is 40.4 Å². The van der Waals surface area contributed by atoms with Gasteiger partial charge in [-0.2, -0.15) is 0 Å². The van der Waals surface area contributed by atoms with Gasteiger partial charge in [0.15, 0.2) is 5.13 Å². The van der Waals surface area contributed by atoms with Crippen LogP contribution in [-0.2, 0) is 22.0 Å². The SMILES string of the molecule is CC(C)(C)c1ccc(OCCNc2nc(CC(=O)O)cs2)c(C(C)(C)C)c1. The molecule has 0 unspecified atom stereocenters. The van der Waals surface area contributed by atoms with Gasteiger partial charge in [-0.25, -0.2) is 4.98 Å². The Kier molecular flexibility index (Phi) is 6.52. The van der Waals surface area contributed by atoms with Crippen LogP contribution in [0.1, 0.15) is 58.4 Å². The summed E-state index contributed by atoms with van der Waals surface area (Å²) in [6.07, 6.45) is -0.0518. The van der Waals surface area contributed by atoms with Crippen LogP contribution in [0.3, 0.4) is 0 Å². The Labute approximate surface area is 165 Å². The van der Waals surface area contributed by atoms with Crippen LogP contribution in [0.2, 0.25) is 0 Å². The Hall–Kier alpha value is -2.08. The quantitative estimate of drug-likeness (QED) is 0.661. The molecule has 148 valence electrons. The van der Waals surface area contributed by atoms with Crippen molar-refractivity contribution in [2.75, 3.05) is 18.5 Å². The summed E-state index contributed by atoms with van der Waals surface area (Å²) in [5.41, 5.74) is 3.16. The molecule has 0 atom stereocenters. The second-order valence-corrected chi connectivity index (χ2v) is 9.56. The number of carboxylic acids is 1. The fraction of sp³-hybridized carbons (Fsp3) is 0.524. The van der Waals surface area contributed by atoms with E-state index in [-0.39, 0.29) is 17.3 Å². The second-order valence-electron chi connectivity index (χ2n) is 8.70. The zero-order chi connectivity index (χ0) is 20.2. The molecule has 0 aliphatic rings. The van der Waals surface area contributed by atoms with E-state index in [4.69, 9.17) is 9.84 Å². The number of thiazole rings is 1. The number of rotatable bonds is 7. The number of carbonyl (C=O) groups is 1. The van der Waals surface area contributed by atoms with E-state index in [1.807, 2.05) is 0 Å². The van der Waals surface area contributed by atoms with Crippen molar-refractivity contribution in [1.82, 2.24) is 4.98 Å². The van der Waals surface area contributed by atoms with Gasteiger partial charge >= 0.3 is 5.97 Å². The van der Waals surface area contributed by atoms with Crippen LogP contribution in [0, 0.1) is 0 Å². The minimum atomic E-state index is -0.872. The van der Waals surface area contributed by atoms with Gasteiger partial charge in [-0.15, -0.1) is 11.3 Å². The van der Waals surface area contributed by atoms with Gasteiger partial charge < -0.3 is 15.2 Å². The van der Waals surface area contributed by atoms with Crippen molar-refractivity contribution in [1.29, 1.82) is 0 Å². The van der Waals surface area contributed by atoms with Crippen LogP contribution >= 0.6 is 11.3 Å². The van der Waals surface area contributed by atoms with Crippen LogP contribution in [0.4, 0.5) is 5.13 Å². The number of hydrogen-bond donors (Lipinski definition) is 2. The van der Waals surface area contributed by atoms with Crippen molar-refractivity contribution >= 4 is 22.4 Å². The predicted molar refractivity (Wildman–Crippen MR) is 111 cm³/mol. The summed E-state index contributed by atoms with van der Waals surface area (Å²) >= 11 is 1.41. The highest BCUT2D eigenvalue weighted by molar-refractivity contribution is 7.13. The standard InChI is InChI=1S/C21H30N2O3S/c1-20(2,3)14-7-8-17(16(11-14)21(4,5)6)26-10-9-22-19-23-15(13-27-19)12-18(24)25/h7-8,11,13H,9-10,12H2,1-6H3,(H,22,23)(H,24,25). The van der Waals surface area contributed by atoms with E-state index in [1.54, 1.807) is 5.38 Å². The molecule has 0 spiro atoms. The van der Waals surface area contributed by atoms with Crippen molar-refractivity contribution < 1.29 is 14.6 Å². The van der Waals surface area contributed by atoms with Crippen LogP contribution in [0.5, 0.6) is 5.75 Å². The lowest BCUT2D eigenvalue weighted by atomic mass is 9.80. The van der Waals surface area contributed by atoms with E-state index in [9.17, 15) is 4.79 Å². The first-order valence-corrected chi connectivity index (χ1v) is 10.0. The third-order valence-corrected chi connectivity index (χ3v) is 5.02. The predicted octanol–water partition coefficient (Wildman–Crippen LogP) is 4.86. The van der Waals surface area contributed by atoms with Gasteiger partial charge in [-0.1, -0.05) is 53.7 Å². The third kappa shape index (κ3) is 6.24. The molecular formula is C21H30N2O3S. The molecule has 0 fully saturated rings. The van der Waals surface area contributed by atoms with Gasteiger partial charge in [-0.05, 0) is 28.0 Å². The molecule has 27 heavy (non-hydrogen) atoms. The maximum atomic E-state index is 10.7. The summed E-state index contributed by atoms with van der Waals surface area (Å²) < 4.78 is 6.04. The summed E-state index contributed by atoms with van der Waals surface area (Å²) in [5, 5.41) is 14.5. The number of nitrogens with one attached hydrogen (secondary N) is 1. The number of ether oxygens (including phenoxy) is 1. The molecule has 0 radical (unpaired) electrons. The number of benzene rings is 1. The molecule has 1 aromatic heterocycles. The molecule has 0 bridgehead atoms. The lowest BCUT2D eigenvalue weighted by Gasteiger charge is -2.27. The number of carboxylic acid groups (broad SMARTS) is 1. The van der Waals surface area contributed by atoms with Crippen LogP contribution in [-0.4, -0.2) is 29.2 Å². The molecule has 2 N–H and O–H groups in total. The fourth-order valence-electron chi connectivity index (χ4n) is 2.65. The Morgan fingerprint density at radius 3 is 2.48 bits per heavy atom. The van der Waals surface area contributed by atoms with Crippen molar-refractivity contribution in [2.24, 2.45) is 0 Å². The largest absolute Gasteiger partial charge is 0.491 e. The van der Waals surface area contributed by atoms with Crippen molar-refractivity contribution in [3.63, 3.8) is 0 Å². The highest BCUT2D eigenvalue weighted by Crippen LogP contribution is 2.35. The summed E-state index contributed by atoms with van der Waals surface area (Å²) in [6, 6.07) is 6.45. The zero-order valence-corrected chi connectivity index (χ0v) is 17.9. The number of anilines is 1. The zero-order valence-electron chi connectivity index (χ0n) is 17.0. The first kappa shape index (κ1) is 21.2. The molecular weight excluding hydrogens is 360 g/mol. The number of hydrogen-bond acceptors (Lipinski definition) is 5. The van der Waals surface area contributed by atoms with E-state index in [0.717, 1.165) is 5.75 Å². The van der Waals surface area contributed by atoms with E-state index >= 15 is 0 Å². The Morgan fingerprint density at radius 2 is 1.89 bits per heavy atom. The average molecular weight is 391 g/mol. The first-order valence-electron chi connectivity index (χ1n) is 9.14. The van der Waals surface area contributed by atoms with E-state index in [0.29, 0.717) is 24.0 Å². The maximum absolute atomic E-state index is 10.7. The first-order chi connectivity index (χ1) is 12.5. The van der Waals surface area contributed by atoms with Gasteiger partial charge in [0.05, 0.1) is 18.7 Å². The van der Waals surface area contributed by atoms with Crippen molar-refractivity contribution in [3.8, 4) is 5.75 Å². The van der Waals surface area contributed by atoms with Gasteiger partial charge in [0, 0.05) is 5.38 Å². The van der Waals surface area contributed by atoms with Crippen LogP contribution in [0.25, 0.3) is 0 Å². The average Bonchev–Trinajstić information content (AvgIpc) is 2.96. The molecule has 0 aliphatic heterocycles.